The molecular weight excluding hydrogens is 255 g/mol. The average molecular weight is 270 g/mol. The van der Waals surface area contributed by atoms with E-state index in [1.807, 2.05) is 12.1 Å². The molecule has 3 nitrogen and oxygen atoms in total. The van der Waals surface area contributed by atoms with Crippen molar-refractivity contribution in [2.45, 2.75) is 6.42 Å². The van der Waals surface area contributed by atoms with E-state index >= 15 is 0 Å². The summed E-state index contributed by atoms with van der Waals surface area (Å²) in [4.78, 5) is 15.6. The number of aromatic nitrogens is 1. The van der Waals surface area contributed by atoms with Crippen molar-refractivity contribution in [2.24, 2.45) is 0 Å². The Labute approximate surface area is 117 Å². The van der Waals surface area contributed by atoms with Gasteiger partial charge >= 0.3 is 0 Å². The van der Waals surface area contributed by atoms with Gasteiger partial charge in [-0.1, -0.05) is 18.2 Å². The van der Waals surface area contributed by atoms with Gasteiger partial charge in [0.05, 0.1) is 0 Å². The predicted molar refractivity (Wildman–Crippen MR) is 76.4 cm³/mol. The quantitative estimate of drug-likeness (QED) is 0.848. The summed E-state index contributed by atoms with van der Waals surface area (Å²) in [6.07, 6.45) is 7.33. The van der Waals surface area contributed by atoms with Crippen LogP contribution in [0.5, 0.6) is 0 Å². The van der Waals surface area contributed by atoms with Crippen LogP contribution in [-0.2, 0) is 11.2 Å². The fourth-order valence-corrected chi connectivity index (χ4v) is 1.68. The van der Waals surface area contributed by atoms with Crippen molar-refractivity contribution in [1.82, 2.24) is 10.3 Å². The third kappa shape index (κ3) is 4.65. The Morgan fingerprint density at radius 2 is 2.05 bits per heavy atom. The fraction of sp³-hybridized carbons (Fsp3) is 0.125. The lowest BCUT2D eigenvalue weighted by atomic mass is 10.2. The molecule has 1 N–H and O–H groups in total. The molecule has 0 saturated heterocycles. The molecule has 0 bridgehead atoms. The maximum atomic E-state index is 12.7. The minimum atomic E-state index is -0.289. The predicted octanol–water partition coefficient (Wildman–Crippen LogP) is 2.59. The van der Waals surface area contributed by atoms with Gasteiger partial charge in [0, 0.05) is 25.0 Å². The molecule has 0 spiro atoms. The minimum absolute atomic E-state index is 0.168. The zero-order valence-electron chi connectivity index (χ0n) is 10.9. The fourth-order valence-electron chi connectivity index (χ4n) is 1.68. The van der Waals surface area contributed by atoms with Crippen molar-refractivity contribution in [3.05, 3.63) is 71.8 Å². The molecule has 0 radical (unpaired) electrons. The van der Waals surface area contributed by atoms with Gasteiger partial charge in [0.1, 0.15) is 5.82 Å². The molecule has 0 aliphatic rings. The number of nitrogens with one attached hydrogen (secondary N) is 1. The Bertz CT molecular complexity index is 579. The number of hydrogen-bond acceptors (Lipinski definition) is 2. The van der Waals surface area contributed by atoms with Gasteiger partial charge in [0.15, 0.2) is 0 Å². The molecule has 0 unspecified atom stereocenters. The number of amides is 1. The van der Waals surface area contributed by atoms with Crippen LogP contribution < -0.4 is 5.32 Å². The molecule has 1 aromatic carbocycles. The zero-order valence-corrected chi connectivity index (χ0v) is 10.9. The molecule has 4 heteroatoms. The summed E-state index contributed by atoms with van der Waals surface area (Å²) < 4.78 is 12.7. The summed E-state index contributed by atoms with van der Waals surface area (Å²) in [7, 11) is 0. The molecule has 0 aliphatic carbocycles. The van der Waals surface area contributed by atoms with Crippen molar-refractivity contribution < 1.29 is 9.18 Å². The highest BCUT2D eigenvalue weighted by Gasteiger charge is 1.96. The van der Waals surface area contributed by atoms with E-state index in [2.05, 4.69) is 10.3 Å². The Balaban J connectivity index is 1.76. The van der Waals surface area contributed by atoms with E-state index in [1.54, 1.807) is 30.6 Å². The van der Waals surface area contributed by atoms with E-state index in [0.717, 1.165) is 17.5 Å². The molecule has 0 fully saturated rings. The molecule has 2 aromatic rings. The van der Waals surface area contributed by atoms with Crippen LogP contribution in [0.15, 0.2) is 54.9 Å². The number of carbonyl (C=O) groups is 1. The van der Waals surface area contributed by atoms with Crippen molar-refractivity contribution in [2.75, 3.05) is 6.54 Å². The minimum Gasteiger partial charge on any atom is -0.352 e. The number of hydrogen-bond donors (Lipinski definition) is 1. The van der Waals surface area contributed by atoms with Crippen molar-refractivity contribution in [3.63, 3.8) is 0 Å². The van der Waals surface area contributed by atoms with Crippen LogP contribution in [0, 0.1) is 5.82 Å². The highest BCUT2D eigenvalue weighted by Crippen LogP contribution is 2.04. The Morgan fingerprint density at radius 1 is 1.25 bits per heavy atom. The molecule has 2 rings (SSSR count). The Kier molecular flexibility index (Phi) is 5.00. The molecule has 102 valence electrons. The molecule has 1 heterocycles. The molecule has 0 aliphatic heterocycles. The largest absolute Gasteiger partial charge is 0.352 e. The van der Waals surface area contributed by atoms with E-state index in [1.165, 1.54) is 18.2 Å². The van der Waals surface area contributed by atoms with Crippen molar-refractivity contribution in [1.29, 1.82) is 0 Å². The summed E-state index contributed by atoms with van der Waals surface area (Å²) in [5, 5.41) is 2.79. The van der Waals surface area contributed by atoms with E-state index in [9.17, 15) is 9.18 Å². The van der Waals surface area contributed by atoms with Crippen molar-refractivity contribution in [3.8, 4) is 0 Å². The summed E-state index contributed by atoms with van der Waals surface area (Å²) in [6.45, 7) is 0.554. The highest BCUT2D eigenvalue weighted by atomic mass is 19.1. The van der Waals surface area contributed by atoms with Crippen molar-refractivity contribution >= 4 is 12.0 Å². The molecule has 0 saturated carbocycles. The topological polar surface area (TPSA) is 42.0 Å². The van der Waals surface area contributed by atoms with Gasteiger partial charge in [-0.2, -0.15) is 0 Å². The molecule has 1 aromatic heterocycles. The molecule has 0 atom stereocenters. The van der Waals surface area contributed by atoms with Crippen LogP contribution in [0.2, 0.25) is 0 Å². The van der Waals surface area contributed by atoms with E-state index in [4.69, 9.17) is 0 Å². The number of rotatable bonds is 5. The molecule has 1 amide bonds. The number of carbonyl (C=O) groups excluding carboxylic acids is 1. The highest BCUT2D eigenvalue weighted by molar-refractivity contribution is 5.91. The number of nitrogens with zero attached hydrogens (tertiary/aromatic N) is 1. The maximum absolute atomic E-state index is 12.7. The summed E-state index contributed by atoms with van der Waals surface area (Å²) in [5.74, 6) is -0.457. The van der Waals surface area contributed by atoms with Gasteiger partial charge in [-0.15, -0.1) is 0 Å². The SMILES string of the molecule is O=C(/C=C/c1ccc(F)cc1)NCCc1cccnc1. The first-order chi connectivity index (χ1) is 9.74. The Morgan fingerprint density at radius 3 is 2.75 bits per heavy atom. The summed E-state index contributed by atoms with van der Waals surface area (Å²) in [6, 6.07) is 9.79. The van der Waals surface area contributed by atoms with Crippen LogP contribution in [0.4, 0.5) is 4.39 Å². The van der Waals surface area contributed by atoms with Gasteiger partial charge in [0.2, 0.25) is 5.91 Å². The van der Waals surface area contributed by atoms with Crippen LogP contribution in [-0.4, -0.2) is 17.4 Å². The summed E-state index contributed by atoms with van der Waals surface area (Å²) >= 11 is 0. The second kappa shape index (κ2) is 7.19. The lowest BCUT2D eigenvalue weighted by Gasteiger charge is -2.02. The second-order valence-electron chi connectivity index (χ2n) is 4.29. The van der Waals surface area contributed by atoms with Crippen LogP contribution in [0.1, 0.15) is 11.1 Å². The first-order valence-electron chi connectivity index (χ1n) is 6.34. The van der Waals surface area contributed by atoms with Gasteiger partial charge in [-0.25, -0.2) is 4.39 Å². The average Bonchev–Trinajstić information content (AvgIpc) is 2.48. The lowest BCUT2D eigenvalue weighted by molar-refractivity contribution is -0.116. The van der Waals surface area contributed by atoms with Gasteiger partial charge in [0.25, 0.3) is 0 Å². The number of benzene rings is 1. The van der Waals surface area contributed by atoms with Gasteiger partial charge < -0.3 is 5.32 Å². The van der Waals surface area contributed by atoms with E-state index in [-0.39, 0.29) is 11.7 Å². The zero-order chi connectivity index (χ0) is 14.2. The van der Waals surface area contributed by atoms with E-state index in [0.29, 0.717) is 6.54 Å². The number of halogens is 1. The van der Waals surface area contributed by atoms with Gasteiger partial charge in [-0.3, -0.25) is 9.78 Å². The third-order valence-corrected chi connectivity index (χ3v) is 2.73. The number of pyridine rings is 1. The smallest absolute Gasteiger partial charge is 0.244 e. The standard InChI is InChI=1S/C16H15FN2O/c17-15-6-3-13(4-7-15)5-8-16(20)19-11-9-14-2-1-10-18-12-14/h1-8,10,12H,9,11H2,(H,19,20)/b8-5+. The third-order valence-electron chi connectivity index (χ3n) is 2.73. The van der Waals surface area contributed by atoms with Crippen LogP contribution >= 0.6 is 0 Å². The Hall–Kier alpha value is -2.49. The van der Waals surface area contributed by atoms with E-state index < -0.39 is 0 Å². The normalized spacial score (nSPS) is 10.7. The van der Waals surface area contributed by atoms with Crippen LogP contribution in [0.25, 0.3) is 6.08 Å². The lowest BCUT2D eigenvalue weighted by Crippen LogP contribution is -2.23. The summed E-state index contributed by atoms with van der Waals surface area (Å²) in [5.41, 5.74) is 1.86. The second-order valence-corrected chi connectivity index (χ2v) is 4.29. The monoisotopic (exact) mass is 270 g/mol. The van der Waals surface area contributed by atoms with Gasteiger partial charge in [-0.05, 0) is 41.8 Å². The first-order valence-corrected chi connectivity index (χ1v) is 6.34. The maximum Gasteiger partial charge on any atom is 0.244 e. The first kappa shape index (κ1) is 13.9. The molecule has 20 heavy (non-hydrogen) atoms. The molecular formula is C16H15FN2O. The van der Waals surface area contributed by atoms with Crippen LogP contribution in [0.3, 0.4) is 0 Å².